The zero-order chi connectivity index (χ0) is 19.1. The van der Waals surface area contributed by atoms with Gasteiger partial charge in [-0.05, 0) is 47.2 Å². The number of aryl methyl sites for hydroxylation is 1. The molecule has 0 amide bonds. The van der Waals surface area contributed by atoms with Crippen LogP contribution < -0.4 is 4.90 Å². The van der Waals surface area contributed by atoms with Crippen LogP contribution in [0.25, 0.3) is 15.9 Å². The van der Waals surface area contributed by atoms with Crippen LogP contribution in [0.3, 0.4) is 0 Å². The molecule has 0 bridgehead atoms. The van der Waals surface area contributed by atoms with Gasteiger partial charge in [-0.2, -0.15) is 0 Å². The summed E-state index contributed by atoms with van der Waals surface area (Å²) in [6.45, 7) is 3.37. The lowest BCUT2D eigenvalue weighted by molar-refractivity contribution is 0.0234. The number of tetrazole rings is 1. The monoisotopic (exact) mass is 392 g/mol. The van der Waals surface area contributed by atoms with Crippen molar-refractivity contribution in [3.05, 3.63) is 59.9 Å². The van der Waals surface area contributed by atoms with Crippen molar-refractivity contribution in [3.8, 4) is 5.69 Å². The van der Waals surface area contributed by atoms with Crippen LogP contribution in [0.4, 0.5) is 5.13 Å². The Morgan fingerprint density at radius 3 is 2.86 bits per heavy atom. The molecule has 0 N–H and O–H groups in total. The van der Waals surface area contributed by atoms with E-state index in [0.29, 0.717) is 24.3 Å². The van der Waals surface area contributed by atoms with Gasteiger partial charge in [0.1, 0.15) is 12.4 Å². The lowest BCUT2D eigenvalue weighted by Crippen LogP contribution is -2.53. The molecule has 0 spiro atoms. The predicted molar refractivity (Wildman–Crippen MR) is 105 cm³/mol. The van der Waals surface area contributed by atoms with Crippen LogP contribution >= 0.6 is 11.3 Å². The van der Waals surface area contributed by atoms with Crippen LogP contribution in [-0.4, -0.2) is 50.4 Å². The molecule has 2 aromatic heterocycles. The van der Waals surface area contributed by atoms with E-state index < -0.39 is 0 Å². The molecule has 9 heteroatoms. The Hall–Kier alpha value is -3.33. The third kappa shape index (κ3) is 2.99. The molecule has 0 atom stereocenters. The Labute approximate surface area is 164 Å². The summed E-state index contributed by atoms with van der Waals surface area (Å²) in [4.78, 5) is 19.4. The van der Waals surface area contributed by atoms with Gasteiger partial charge in [0.05, 0.1) is 34.6 Å². The Bertz CT molecular complexity index is 1150. The molecule has 1 fully saturated rings. The quantitative estimate of drug-likeness (QED) is 0.494. The highest BCUT2D eigenvalue weighted by atomic mass is 32.1. The second kappa shape index (κ2) is 6.68. The van der Waals surface area contributed by atoms with E-state index in [1.54, 1.807) is 29.5 Å². The molecule has 5 rings (SSSR count). The number of nitrogens with zero attached hydrogens (tertiary/aromatic N) is 6. The van der Waals surface area contributed by atoms with E-state index >= 15 is 0 Å². The number of anilines is 1. The summed E-state index contributed by atoms with van der Waals surface area (Å²) in [6.07, 6.45) is 1.34. The average Bonchev–Trinajstić information content (AvgIpc) is 3.34. The van der Waals surface area contributed by atoms with Gasteiger partial charge in [-0.25, -0.2) is 14.5 Å². The normalized spacial score (nSPS) is 14.2. The summed E-state index contributed by atoms with van der Waals surface area (Å²) in [5, 5.41) is 12.0. The number of ether oxygens (including phenoxy) is 1. The molecule has 1 aliphatic rings. The van der Waals surface area contributed by atoms with Crippen molar-refractivity contribution in [2.45, 2.75) is 13.0 Å². The average molecular weight is 392 g/mol. The van der Waals surface area contributed by atoms with Crippen molar-refractivity contribution in [1.29, 1.82) is 0 Å². The number of fused-ring (bicyclic) bond motifs is 1. The maximum absolute atomic E-state index is 12.5. The van der Waals surface area contributed by atoms with Gasteiger partial charge >= 0.3 is 5.97 Å². The lowest BCUT2D eigenvalue weighted by atomic mass is 10.1. The summed E-state index contributed by atoms with van der Waals surface area (Å²) >= 11 is 1.67. The first-order valence-electron chi connectivity index (χ1n) is 8.83. The summed E-state index contributed by atoms with van der Waals surface area (Å²) in [7, 11) is 0. The minimum atomic E-state index is -0.347. The number of benzene rings is 2. The second-order valence-corrected chi connectivity index (χ2v) is 7.66. The Kier molecular flexibility index (Phi) is 4.01. The molecule has 0 saturated carbocycles. The van der Waals surface area contributed by atoms with Gasteiger partial charge < -0.3 is 9.64 Å². The topological polar surface area (TPSA) is 86.0 Å². The molecule has 0 unspecified atom stereocenters. The first-order valence-corrected chi connectivity index (χ1v) is 9.64. The predicted octanol–water partition coefficient (Wildman–Crippen LogP) is 2.63. The fourth-order valence-electron chi connectivity index (χ4n) is 3.15. The molecule has 140 valence electrons. The molecule has 0 aliphatic carbocycles. The molecule has 1 aliphatic heterocycles. The number of aromatic nitrogens is 5. The van der Waals surface area contributed by atoms with E-state index in [-0.39, 0.29) is 12.1 Å². The number of hydrogen-bond donors (Lipinski definition) is 0. The van der Waals surface area contributed by atoms with Crippen molar-refractivity contribution in [2.24, 2.45) is 0 Å². The van der Waals surface area contributed by atoms with Crippen LogP contribution in [0.1, 0.15) is 15.9 Å². The van der Waals surface area contributed by atoms with Gasteiger partial charge in [0.2, 0.25) is 0 Å². The number of carbonyl (C=O) groups excluding carboxylic acids is 1. The highest BCUT2D eigenvalue weighted by Gasteiger charge is 2.32. The van der Waals surface area contributed by atoms with Gasteiger partial charge in [0.25, 0.3) is 0 Å². The van der Waals surface area contributed by atoms with Crippen LogP contribution in [0.5, 0.6) is 0 Å². The summed E-state index contributed by atoms with van der Waals surface area (Å²) in [6, 6.07) is 13.2. The zero-order valence-corrected chi connectivity index (χ0v) is 15.8. The van der Waals surface area contributed by atoms with Crippen molar-refractivity contribution in [2.75, 3.05) is 18.0 Å². The van der Waals surface area contributed by atoms with E-state index in [4.69, 9.17) is 9.72 Å². The third-order valence-corrected chi connectivity index (χ3v) is 5.78. The van der Waals surface area contributed by atoms with Crippen LogP contribution in [-0.2, 0) is 4.74 Å². The standard InChI is InChI=1S/C19H16N6O2S/c1-12-4-2-7-16-17(12)21-19(28-16)24-9-15(10-24)27-18(26)13-5-3-6-14(8-13)25-11-20-22-23-25/h2-8,11,15H,9-10H2,1H3. The fourth-order valence-corrected chi connectivity index (χ4v) is 4.21. The molecule has 2 aromatic carbocycles. The number of thiazole rings is 1. The Balaban J connectivity index is 1.24. The third-order valence-electron chi connectivity index (χ3n) is 4.70. The van der Waals surface area contributed by atoms with E-state index in [1.165, 1.54) is 21.3 Å². The highest BCUT2D eigenvalue weighted by molar-refractivity contribution is 7.22. The molecular weight excluding hydrogens is 376 g/mol. The first kappa shape index (κ1) is 16.8. The summed E-state index contributed by atoms with van der Waals surface area (Å²) < 4.78 is 8.30. The minimum absolute atomic E-state index is 0.141. The summed E-state index contributed by atoms with van der Waals surface area (Å²) in [5.74, 6) is -0.347. The van der Waals surface area contributed by atoms with Crippen LogP contribution in [0.15, 0.2) is 48.8 Å². The van der Waals surface area contributed by atoms with Crippen LogP contribution in [0, 0.1) is 6.92 Å². The number of carbonyl (C=O) groups is 1. The maximum Gasteiger partial charge on any atom is 0.338 e. The Morgan fingerprint density at radius 2 is 2.07 bits per heavy atom. The van der Waals surface area contributed by atoms with Gasteiger partial charge in [0, 0.05) is 0 Å². The van der Waals surface area contributed by atoms with E-state index in [2.05, 4.69) is 39.5 Å². The van der Waals surface area contributed by atoms with Gasteiger partial charge in [0.15, 0.2) is 5.13 Å². The summed E-state index contributed by atoms with van der Waals surface area (Å²) in [5.41, 5.74) is 3.40. The van der Waals surface area contributed by atoms with Gasteiger partial charge in [-0.3, -0.25) is 0 Å². The second-order valence-electron chi connectivity index (χ2n) is 6.66. The van der Waals surface area contributed by atoms with Crippen molar-refractivity contribution in [1.82, 2.24) is 25.2 Å². The van der Waals surface area contributed by atoms with Crippen molar-refractivity contribution < 1.29 is 9.53 Å². The minimum Gasteiger partial charge on any atom is -0.455 e. The molecule has 1 saturated heterocycles. The highest BCUT2D eigenvalue weighted by Crippen LogP contribution is 2.33. The van der Waals surface area contributed by atoms with E-state index in [0.717, 1.165) is 10.6 Å². The number of hydrogen-bond acceptors (Lipinski definition) is 8. The number of esters is 1. The molecular formula is C19H16N6O2S. The van der Waals surface area contributed by atoms with E-state index in [9.17, 15) is 4.79 Å². The number of rotatable bonds is 4. The lowest BCUT2D eigenvalue weighted by Gasteiger charge is -2.38. The fraction of sp³-hybridized carbons (Fsp3) is 0.211. The molecule has 28 heavy (non-hydrogen) atoms. The van der Waals surface area contributed by atoms with E-state index in [1.807, 2.05) is 12.1 Å². The largest absolute Gasteiger partial charge is 0.455 e. The van der Waals surface area contributed by atoms with Gasteiger partial charge in [-0.15, -0.1) is 5.10 Å². The smallest absolute Gasteiger partial charge is 0.338 e. The maximum atomic E-state index is 12.5. The van der Waals surface area contributed by atoms with Crippen molar-refractivity contribution >= 4 is 32.7 Å². The van der Waals surface area contributed by atoms with Crippen LogP contribution in [0.2, 0.25) is 0 Å². The molecule has 3 heterocycles. The molecule has 8 nitrogen and oxygen atoms in total. The molecule has 4 aromatic rings. The number of para-hydroxylation sites is 1. The SMILES string of the molecule is Cc1cccc2sc(N3CC(OC(=O)c4cccc(-n5cnnn5)c4)C3)nc12. The van der Waals surface area contributed by atoms with Crippen molar-refractivity contribution in [3.63, 3.8) is 0 Å². The Morgan fingerprint density at radius 1 is 1.21 bits per heavy atom. The zero-order valence-electron chi connectivity index (χ0n) is 15.0. The molecule has 0 radical (unpaired) electrons. The van der Waals surface area contributed by atoms with Gasteiger partial charge in [-0.1, -0.05) is 29.5 Å². The first-order chi connectivity index (χ1) is 13.7.